The Labute approximate surface area is 143 Å². The molecule has 0 bridgehead atoms. The smallest absolute Gasteiger partial charge is 0.257 e. The molecule has 1 N–H and O–H groups in total. The van der Waals surface area contributed by atoms with Gasteiger partial charge in [0.2, 0.25) is 5.13 Å². The molecule has 6 nitrogen and oxygen atoms in total. The van der Waals surface area contributed by atoms with Crippen molar-refractivity contribution in [2.24, 2.45) is 0 Å². The Morgan fingerprint density at radius 1 is 1.21 bits per heavy atom. The molecule has 2 heterocycles. The lowest BCUT2D eigenvalue weighted by molar-refractivity contribution is 0.102. The van der Waals surface area contributed by atoms with Crippen LogP contribution in [0.2, 0.25) is 0 Å². The third-order valence-corrected chi connectivity index (χ3v) is 4.03. The number of nitrogens with one attached hydrogen (secondary N) is 1. The van der Waals surface area contributed by atoms with Crippen molar-refractivity contribution in [2.75, 3.05) is 11.9 Å². The molecule has 0 aliphatic rings. The van der Waals surface area contributed by atoms with Gasteiger partial charge in [0.1, 0.15) is 10.8 Å². The molecule has 0 aliphatic carbocycles. The van der Waals surface area contributed by atoms with E-state index in [1.165, 1.54) is 11.3 Å². The molecule has 0 radical (unpaired) electrons. The standard InChI is InChI=1S/C17H16N4O2S/c1-2-10-23-14-5-3-4-13(11-14)15(22)19-17-21-20-16(24-17)12-6-8-18-9-7-12/h3-9,11H,2,10H2,1H3,(H,19,21,22). The van der Waals surface area contributed by atoms with Crippen molar-refractivity contribution in [3.05, 3.63) is 54.4 Å². The van der Waals surface area contributed by atoms with Gasteiger partial charge in [0.15, 0.2) is 0 Å². The van der Waals surface area contributed by atoms with Crippen LogP contribution < -0.4 is 10.1 Å². The van der Waals surface area contributed by atoms with E-state index in [9.17, 15) is 4.79 Å². The van der Waals surface area contributed by atoms with Crippen LogP contribution in [0.1, 0.15) is 23.7 Å². The van der Waals surface area contributed by atoms with Crippen molar-refractivity contribution in [2.45, 2.75) is 13.3 Å². The molecule has 0 fully saturated rings. The monoisotopic (exact) mass is 340 g/mol. The molecule has 0 saturated carbocycles. The number of hydrogen-bond acceptors (Lipinski definition) is 6. The summed E-state index contributed by atoms with van der Waals surface area (Å²) in [6.07, 6.45) is 4.30. The number of hydrogen-bond donors (Lipinski definition) is 1. The average molecular weight is 340 g/mol. The third kappa shape index (κ3) is 3.94. The first-order valence-electron chi connectivity index (χ1n) is 7.54. The fraction of sp³-hybridized carbons (Fsp3) is 0.176. The number of benzene rings is 1. The molecule has 0 spiro atoms. The lowest BCUT2D eigenvalue weighted by Crippen LogP contribution is -2.11. The highest BCUT2D eigenvalue weighted by Gasteiger charge is 2.12. The maximum atomic E-state index is 12.3. The SMILES string of the molecule is CCCOc1cccc(C(=O)Nc2nnc(-c3ccncc3)s2)c1. The summed E-state index contributed by atoms with van der Waals surface area (Å²) in [5.41, 5.74) is 1.43. The van der Waals surface area contributed by atoms with Gasteiger partial charge in [-0.15, -0.1) is 10.2 Å². The number of rotatable bonds is 6. The van der Waals surface area contributed by atoms with Gasteiger partial charge in [0, 0.05) is 23.5 Å². The summed E-state index contributed by atoms with van der Waals surface area (Å²) in [5, 5.41) is 12.1. The van der Waals surface area contributed by atoms with Gasteiger partial charge in [-0.05, 0) is 36.8 Å². The zero-order valence-corrected chi connectivity index (χ0v) is 13.9. The molecule has 24 heavy (non-hydrogen) atoms. The van der Waals surface area contributed by atoms with E-state index in [0.29, 0.717) is 23.1 Å². The summed E-state index contributed by atoms with van der Waals surface area (Å²) >= 11 is 1.31. The maximum Gasteiger partial charge on any atom is 0.257 e. The fourth-order valence-corrected chi connectivity index (χ4v) is 2.75. The van der Waals surface area contributed by atoms with E-state index in [1.807, 2.05) is 25.1 Å². The second-order valence-electron chi connectivity index (χ2n) is 4.98. The van der Waals surface area contributed by atoms with Crippen LogP contribution in [0.3, 0.4) is 0 Å². The summed E-state index contributed by atoms with van der Waals surface area (Å²) in [7, 11) is 0. The minimum atomic E-state index is -0.241. The molecule has 0 unspecified atom stereocenters. The summed E-state index contributed by atoms with van der Waals surface area (Å²) in [6, 6.07) is 10.8. The van der Waals surface area contributed by atoms with Gasteiger partial charge in [0.25, 0.3) is 5.91 Å². The van der Waals surface area contributed by atoms with Crippen molar-refractivity contribution in [1.82, 2.24) is 15.2 Å². The molecule has 122 valence electrons. The Balaban J connectivity index is 1.70. The maximum absolute atomic E-state index is 12.3. The first-order valence-corrected chi connectivity index (χ1v) is 8.36. The van der Waals surface area contributed by atoms with Crippen LogP contribution in [0.4, 0.5) is 5.13 Å². The van der Waals surface area contributed by atoms with E-state index in [4.69, 9.17) is 4.74 Å². The highest BCUT2D eigenvalue weighted by atomic mass is 32.1. The molecule has 0 saturated heterocycles. The quantitative estimate of drug-likeness (QED) is 0.741. The number of pyridine rings is 1. The molecule has 3 aromatic rings. The van der Waals surface area contributed by atoms with Crippen molar-refractivity contribution in [3.63, 3.8) is 0 Å². The fourth-order valence-electron chi connectivity index (χ4n) is 2.00. The molecular formula is C17H16N4O2S. The number of anilines is 1. The van der Waals surface area contributed by atoms with Crippen molar-refractivity contribution in [3.8, 4) is 16.3 Å². The van der Waals surface area contributed by atoms with E-state index in [0.717, 1.165) is 17.0 Å². The van der Waals surface area contributed by atoms with Gasteiger partial charge in [0.05, 0.1) is 6.61 Å². The van der Waals surface area contributed by atoms with Gasteiger partial charge in [-0.2, -0.15) is 0 Å². The van der Waals surface area contributed by atoms with E-state index in [1.54, 1.807) is 30.6 Å². The lowest BCUT2D eigenvalue weighted by Gasteiger charge is -2.06. The van der Waals surface area contributed by atoms with Crippen LogP contribution >= 0.6 is 11.3 Å². The Bertz CT molecular complexity index is 820. The van der Waals surface area contributed by atoms with Crippen LogP contribution in [0.5, 0.6) is 5.75 Å². The summed E-state index contributed by atoms with van der Waals surface area (Å²) in [6.45, 7) is 2.66. The molecule has 1 amide bonds. The number of ether oxygens (including phenoxy) is 1. The highest BCUT2D eigenvalue weighted by Crippen LogP contribution is 2.26. The van der Waals surface area contributed by atoms with Gasteiger partial charge in [-0.3, -0.25) is 15.1 Å². The zero-order valence-electron chi connectivity index (χ0n) is 13.1. The third-order valence-electron chi connectivity index (χ3n) is 3.14. The number of amides is 1. The largest absolute Gasteiger partial charge is 0.494 e. The second kappa shape index (κ2) is 7.65. The first-order chi connectivity index (χ1) is 11.8. The predicted octanol–water partition coefficient (Wildman–Crippen LogP) is 3.64. The average Bonchev–Trinajstić information content (AvgIpc) is 3.09. The van der Waals surface area contributed by atoms with Crippen molar-refractivity contribution in [1.29, 1.82) is 0 Å². The molecule has 1 aromatic carbocycles. The normalized spacial score (nSPS) is 10.4. The highest BCUT2D eigenvalue weighted by molar-refractivity contribution is 7.18. The Morgan fingerprint density at radius 3 is 2.83 bits per heavy atom. The van der Waals surface area contributed by atoms with Gasteiger partial charge in [-0.1, -0.05) is 24.3 Å². The van der Waals surface area contributed by atoms with Crippen LogP contribution in [0.15, 0.2) is 48.8 Å². The molecular weight excluding hydrogens is 324 g/mol. The topological polar surface area (TPSA) is 77.0 Å². The zero-order chi connectivity index (χ0) is 16.8. The molecule has 3 rings (SSSR count). The Morgan fingerprint density at radius 2 is 2.04 bits per heavy atom. The van der Waals surface area contributed by atoms with Gasteiger partial charge >= 0.3 is 0 Å². The van der Waals surface area contributed by atoms with E-state index < -0.39 is 0 Å². The van der Waals surface area contributed by atoms with E-state index in [2.05, 4.69) is 20.5 Å². The summed E-state index contributed by atoms with van der Waals surface area (Å²) in [5.74, 6) is 0.439. The Hall–Kier alpha value is -2.80. The molecule has 7 heteroatoms. The Kier molecular flexibility index (Phi) is 5.12. The summed E-state index contributed by atoms with van der Waals surface area (Å²) in [4.78, 5) is 16.3. The number of carbonyl (C=O) groups excluding carboxylic acids is 1. The lowest BCUT2D eigenvalue weighted by atomic mass is 10.2. The number of carbonyl (C=O) groups is 1. The minimum Gasteiger partial charge on any atom is -0.494 e. The molecule has 0 atom stereocenters. The number of aromatic nitrogens is 3. The molecule has 0 aliphatic heterocycles. The van der Waals surface area contributed by atoms with Gasteiger partial charge in [-0.25, -0.2) is 0 Å². The first kappa shape index (κ1) is 16.1. The van der Waals surface area contributed by atoms with E-state index >= 15 is 0 Å². The predicted molar refractivity (Wildman–Crippen MR) is 93.3 cm³/mol. The second-order valence-corrected chi connectivity index (χ2v) is 5.96. The molecule has 2 aromatic heterocycles. The van der Waals surface area contributed by atoms with Crippen molar-refractivity contribution >= 4 is 22.4 Å². The van der Waals surface area contributed by atoms with Crippen LogP contribution in [-0.2, 0) is 0 Å². The summed E-state index contributed by atoms with van der Waals surface area (Å²) < 4.78 is 5.55. The van der Waals surface area contributed by atoms with Crippen molar-refractivity contribution < 1.29 is 9.53 Å². The van der Waals surface area contributed by atoms with Crippen LogP contribution in [0, 0.1) is 0 Å². The minimum absolute atomic E-state index is 0.241. The van der Waals surface area contributed by atoms with E-state index in [-0.39, 0.29) is 5.91 Å². The number of nitrogens with zero attached hydrogens (tertiary/aromatic N) is 3. The van der Waals surface area contributed by atoms with Crippen LogP contribution in [0.25, 0.3) is 10.6 Å². The van der Waals surface area contributed by atoms with Gasteiger partial charge < -0.3 is 4.74 Å². The van der Waals surface area contributed by atoms with Crippen LogP contribution in [-0.4, -0.2) is 27.7 Å².